The number of nitrogens with one attached hydrogen (secondary N) is 1. The second-order valence-corrected chi connectivity index (χ2v) is 8.64. The Morgan fingerprint density at radius 1 is 1.12 bits per heavy atom. The number of quaternary nitrogens is 1. The fraction of sp³-hybridized carbons (Fsp3) is 0.609. The summed E-state index contributed by atoms with van der Waals surface area (Å²) in [5.41, 5.74) is 6.32. The molecular weight excluding hydrogens is 318 g/mol. The number of nitrogens with zero attached hydrogens (tertiary/aromatic N) is 2. The lowest BCUT2D eigenvalue weighted by molar-refractivity contribution is -0.936. The summed E-state index contributed by atoms with van der Waals surface area (Å²) in [6, 6.07) is 10.4. The van der Waals surface area contributed by atoms with Crippen LogP contribution in [0.3, 0.4) is 0 Å². The lowest BCUT2D eigenvalue weighted by Gasteiger charge is -2.36. The van der Waals surface area contributed by atoms with Gasteiger partial charge in [0.2, 0.25) is 0 Å². The van der Waals surface area contributed by atoms with Gasteiger partial charge in [-0.1, -0.05) is 25.3 Å². The van der Waals surface area contributed by atoms with Crippen molar-refractivity contribution in [3.8, 4) is 6.07 Å². The van der Waals surface area contributed by atoms with Crippen LogP contribution in [0, 0.1) is 11.3 Å². The van der Waals surface area contributed by atoms with Crippen molar-refractivity contribution < 1.29 is 4.90 Å². The molecule has 2 atom stereocenters. The van der Waals surface area contributed by atoms with Crippen LogP contribution in [0.2, 0.25) is 0 Å². The number of hydrogen-bond acceptors (Lipinski definition) is 1. The number of aryl methyl sites for hydroxylation is 1. The van der Waals surface area contributed by atoms with Crippen molar-refractivity contribution in [2.45, 2.75) is 76.3 Å². The first-order valence-electron chi connectivity index (χ1n) is 10.7. The second-order valence-electron chi connectivity index (χ2n) is 8.64. The van der Waals surface area contributed by atoms with E-state index < -0.39 is 0 Å². The van der Waals surface area contributed by atoms with Crippen LogP contribution >= 0.6 is 0 Å². The van der Waals surface area contributed by atoms with Crippen molar-refractivity contribution >= 4 is 10.9 Å². The number of hydrogen-bond donors (Lipinski definition) is 1. The maximum atomic E-state index is 9.02. The van der Waals surface area contributed by atoms with Gasteiger partial charge < -0.3 is 9.47 Å². The van der Waals surface area contributed by atoms with Crippen LogP contribution in [0.4, 0.5) is 0 Å². The quantitative estimate of drug-likeness (QED) is 0.897. The van der Waals surface area contributed by atoms with Crippen molar-refractivity contribution in [1.82, 2.24) is 4.57 Å². The molecule has 26 heavy (non-hydrogen) atoms. The molecule has 0 radical (unpaired) electrons. The zero-order valence-corrected chi connectivity index (χ0v) is 15.8. The predicted octanol–water partition coefficient (Wildman–Crippen LogP) is 3.88. The molecule has 3 nitrogen and oxygen atoms in total. The summed E-state index contributed by atoms with van der Waals surface area (Å²) in [5.74, 6) is 0.786. The molecule has 3 heteroatoms. The summed E-state index contributed by atoms with van der Waals surface area (Å²) in [6.45, 7) is 3.30. The highest BCUT2D eigenvalue weighted by Crippen LogP contribution is 2.40. The van der Waals surface area contributed by atoms with Crippen LogP contribution < -0.4 is 4.90 Å². The average molecular weight is 349 g/mol. The minimum absolute atomic E-state index is 0.617. The first kappa shape index (κ1) is 16.4. The van der Waals surface area contributed by atoms with E-state index in [2.05, 4.69) is 28.8 Å². The smallest absolute Gasteiger partial charge is 0.129 e. The molecule has 1 unspecified atom stereocenters. The molecule has 0 spiro atoms. The number of rotatable bonds is 3. The molecule has 2 heterocycles. The van der Waals surface area contributed by atoms with E-state index in [-0.39, 0.29) is 0 Å². The fourth-order valence-electron chi connectivity index (χ4n) is 6.02. The molecule has 3 aliphatic rings. The maximum Gasteiger partial charge on any atom is 0.129 e. The van der Waals surface area contributed by atoms with Gasteiger partial charge in [-0.3, -0.25) is 0 Å². The largest absolute Gasteiger partial charge is 0.334 e. The SMILES string of the molecule is N#CCC[NH+]1CCn2c3c(c4cc(C5CCCCC5)ccc42)CCC[C@@H]31. The Labute approximate surface area is 156 Å². The Morgan fingerprint density at radius 2 is 2.00 bits per heavy atom. The van der Waals surface area contributed by atoms with E-state index in [0.717, 1.165) is 19.0 Å². The highest BCUT2D eigenvalue weighted by molar-refractivity contribution is 5.87. The van der Waals surface area contributed by atoms with Crippen LogP contribution in [0.1, 0.15) is 80.1 Å². The van der Waals surface area contributed by atoms with E-state index in [9.17, 15) is 0 Å². The van der Waals surface area contributed by atoms with Gasteiger partial charge in [-0.15, -0.1) is 0 Å². The van der Waals surface area contributed by atoms with Crippen LogP contribution in [0.5, 0.6) is 0 Å². The number of nitriles is 1. The summed E-state index contributed by atoms with van der Waals surface area (Å²) in [5, 5.41) is 10.6. The summed E-state index contributed by atoms with van der Waals surface area (Å²) in [4.78, 5) is 1.65. The Kier molecular flexibility index (Phi) is 4.25. The molecule has 1 aromatic heterocycles. The minimum atomic E-state index is 0.617. The summed E-state index contributed by atoms with van der Waals surface area (Å²) in [7, 11) is 0. The summed E-state index contributed by atoms with van der Waals surface area (Å²) >= 11 is 0. The molecule has 2 aromatic rings. The highest BCUT2D eigenvalue weighted by atomic mass is 15.2. The molecular formula is C23H30N3+. The molecule has 2 aliphatic carbocycles. The molecule has 1 N–H and O–H groups in total. The van der Waals surface area contributed by atoms with Gasteiger partial charge in [-0.2, -0.15) is 5.26 Å². The Balaban J connectivity index is 1.57. The van der Waals surface area contributed by atoms with Crippen molar-refractivity contribution in [3.63, 3.8) is 0 Å². The zero-order chi connectivity index (χ0) is 17.5. The van der Waals surface area contributed by atoms with Gasteiger partial charge in [-0.25, -0.2) is 0 Å². The standard InChI is InChI=1S/C23H29N3/c24-12-5-13-25-14-15-26-21-11-10-18(17-6-2-1-3-7-17)16-20(21)19-8-4-9-22(25)23(19)26/h10-11,16-17,22H,1-9,13-15H2/p+1/t22-/m0/s1. The molecule has 136 valence electrons. The lowest BCUT2D eigenvalue weighted by atomic mass is 9.83. The molecule has 0 saturated heterocycles. The first-order valence-corrected chi connectivity index (χ1v) is 10.7. The lowest BCUT2D eigenvalue weighted by Crippen LogP contribution is -3.13. The predicted molar refractivity (Wildman–Crippen MR) is 104 cm³/mol. The van der Waals surface area contributed by atoms with E-state index in [1.807, 2.05) is 0 Å². The van der Waals surface area contributed by atoms with Crippen molar-refractivity contribution in [3.05, 3.63) is 35.0 Å². The number of aromatic nitrogens is 1. The van der Waals surface area contributed by atoms with Crippen LogP contribution in [0.15, 0.2) is 18.2 Å². The van der Waals surface area contributed by atoms with E-state index >= 15 is 0 Å². The van der Waals surface area contributed by atoms with Crippen LogP contribution in [-0.4, -0.2) is 17.7 Å². The van der Waals surface area contributed by atoms with Crippen molar-refractivity contribution in [1.29, 1.82) is 5.26 Å². The molecule has 1 aliphatic heterocycles. The van der Waals surface area contributed by atoms with Gasteiger partial charge in [0, 0.05) is 17.3 Å². The topological polar surface area (TPSA) is 33.2 Å². The molecule has 1 aromatic carbocycles. The highest BCUT2D eigenvalue weighted by Gasteiger charge is 2.37. The van der Waals surface area contributed by atoms with Gasteiger partial charge in [0.05, 0.1) is 37.8 Å². The van der Waals surface area contributed by atoms with E-state index in [1.54, 1.807) is 27.1 Å². The number of benzene rings is 1. The van der Waals surface area contributed by atoms with Gasteiger partial charge in [0.25, 0.3) is 0 Å². The van der Waals surface area contributed by atoms with Gasteiger partial charge in [0.1, 0.15) is 6.04 Å². The molecule has 1 saturated carbocycles. The Morgan fingerprint density at radius 3 is 2.85 bits per heavy atom. The first-order chi connectivity index (χ1) is 12.9. The third kappa shape index (κ3) is 2.58. The normalized spacial score (nSPS) is 25.8. The van der Waals surface area contributed by atoms with E-state index in [1.165, 1.54) is 63.4 Å². The van der Waals surface area contributed by atoms with Crippen LogP contribution in [-0.2, 0) is 13.0 Å². The van der Waals surface area contributed by atoms with Gasteiger partial charge in [0.15, 0.2) is 0 Å². The maximum absolute atomic E-state index is 9.02. The minimum Gasteiger partial charge on any atom is -0.334 e. The molecule has 1 fully saturated rings. The molecule has 5 rings (SSSR count). The number of fused-ring (bicyclic) bond motifs is 3. The van der Waals surface area contributed by atoms with Crippen LogP contribution in [0.25, 0.3) is 10.9 Å². The summed E-state index contributed by atoms with van der Waals surface area (Å²) in [6.07, 6.45) is 11.5. The van der Waals surface area contributed by atoms with Gasteiger partial charge >= 0.3 is 0 Å². The fourth-order valence-corrected chi connectivity index (χ4v) is 6.02. The third-order valence-corrected chi connectivity index (χ3v) is 7.27. The van der Waals surface area contributed by atoms with Gasteiger partial charge in [-0.05, 0) is 54.9 Å². The Bertz CT molecular complexity index is 850. The molecule has 0 bridgehead atoms. The monoisotopic (exact) mass is 348 g/mol. The molecule has 0 amide bonds. The van der Waals surface area contributed by atoms with Crippen molar-refractivity contribution in [2.24, 2.45) is 0 Å². The zero-order valence-electron chi connectivity index (χ0n) is 15.8. The second kappa shape index (κ2) is 6.74. The van der Waals surface area contributed by atoms with E-state index in [0.29, 0.717) is 12.5 Å². The van der Waals surface area contributed by atoms with E-state index in [4.69, 9.17) is 5.26 Å². The average Bonchev–Trinajstić information content (AvgIpc) is 3.03. The Hall–Kier alpha value is -1.79. The van der Waals surface area contributed by atoms with Crippen molar-refractivity contribution in [2.75, 3.05) is 13.1 Å². The summed E-state index contributed by atoms with van der Waals surface area (Å²) < 4.78 is 2.63. The third-order valence-electron chi connectivity index (χ3n) is 7.27.